The molecule has 0 saturated carbocycles. The molecule has 0 atom stereocenters. The summed E-state index contributed by atoms with van der Waals surface area (Å²) in [7, 11) is 0. The number of hydrogen-bond donors (Lipinski definition) is 2. The van der Waals surface area contributed by atoms with Gasteiger partial charge in [-0.1, -0.05) is 19.7 Å². The molecule has 0 heterocycles. The van der Waals surface area contributed by atoms with Crippen molar-refractivity contribution in [3.05, 3.63) is 0 Å². The van der Waals surface area contributed by atoms with Crippen LogP contribution in [-0.4, -0.2) is 6.54 Å². The summed E-state index contributed by atoms with van der Waals surface area (Å²) >= 11 is 3.67. The Balaban J connectivity index is 0. The van der Waals surface area contributed by atoms with Gasteiger partial charge in [-0.2, -0.15) is 0 Å². The van der Waals surface area contributed by atoms with Gasteiger partial charge in [0.2, 0.25) is 0 Å². The third-order valence-electron chi connectivity index (χ3n) is 0.158. The molecule has 0 aliphatic rings. The molecule has 0 aliphatic heterocycles. The van der Waals surface area contributed by atoms with Crippen LogP contribution in [0.25, 0.3) is 0 Å². The van der Waals surface area contributed by atoms with Gasteiger partial charge in [-0.3, -0.25) is 4.72 Å². The summed E-state index contributed by atoms with van der Waals surface area (Å²) in [6.45, 7) is 2.93. The van der Waals surface area contributed by atoms with E-state index in [2.05, 4.69) is 17.5 Å². The molecule has 37 valence electrons. The van der Waals surface area contributed by atoms with Crippen LogP contribution >= 0.6 is 12.8 Å². The van der Waals surface area contributed by atoms with E-state index in [-0.39, 0.29) is 22.4 Å². The minimum Gasteiger partial charge on any atom is -0.267 e. The minimum absolute atomic E-state index is 0. The SMILES string of the molecule is CCNS.[Au]. The molecule has 0 fully saturated rings. The number of hydrogen-bond acceptors (Lipinski definition) is 2. The first-order valence-corrected chi connectivity index (χ1v) is 1.73. The average Bonchev–Trinajstić information content (AvgIpc) is 1.37. The number of nitrogens with one attached hydrogen (secondary N) is 1. The molecule has 0 aromatic rings. The zero-order valence-electron chi connectivity index (χ0n) is 2.96. The van der Waals surface area contributed by atoms with E-state index in [0.29, 0.717) is 0 Å². The topological polar surface area (TPSA) is 12.0 Å². The summed E-state index contributed by atoms with van der Waals surface area (Å²) in [4.78, 5) is 0. The van der Waals surface area contributed by atoms with Crippen LogP contribution < -0.4 is 4.72 Å². The molecule has 0 bridgehead atoms. The van der Waals surface area contributed by atoms with E-state index in [1.807, 2.05) is 6.92 Å². The zero-order valence-corrected chi connectivity index (χ0v) is 6.02. The van der Waals surface area contributed by atoms with Gasteiger partial charge in [0, 0.05) is 28.9 Å². The maximum absolute atomic E-state index is 3.67. The average molecular weight is 274 g/mol. The van der Waals surface area contributed by atoms with E-state index < -0.39 is 0 Å². The Hall–Kier alpha value is 1.05. The Labute approximate surface area is 53.6 Å². The van der Waals surface area contributed by atoms with E-state index in [1.54, 1.807) is 0 Å². The molecular formula is C2H7AuNS. The van der Waals surface area contributed by atoms with Crippen molar-refractivity contribution in [1.29, 1.82) is 0 Å². The molecule has 0 aliphatic carbocycles. The van der Waals surface area contributed by atoms with E-state index in [4.69, 9.17) is 0 Å². The molecule has 0 saturated heterocycles. The van der Waals surface area contributed by atoms with Crippen molar-refractivity contribution in [2.75, 3.05) is 6.54 Å². The zero-order chi connectivity index (χ0) is 3.41. The molecule has 0 aromatic carbocycles. The van der Waals surface area contributed by atoms with Crippen LogP contribution in [0.4, 0.5) is 0 Å². The summed E-state index contributed by atoms with van der Waals surface area (Å²) < 4.78 is 2.62. The number of rotatable bonds is 1. The first-order valence-electron chi connectivity index (χ1n) is 1.28. The van der Waals surface area contributed by atoms with Gasteiger partial charge in [-0.15, -0.1) is 0 Å². The Kier molecular flexibility index (Phi) is 16.8. The van der Waals surface area contributed by atoms with Gasteiger partial charge >= 0.3 is 0 Å². The molecule has 1 N–H and O–H groups in total. The molecule has 3 heteroatoms. The Morgan fingerprint density at radius 2 is 2.00 bits per heavy atom. The van der Waals surface area contributed by atoms with Crippen LogP contribution in [0.5, 0.6) is 0 Å². The Morgan fingerprint density at radius 3 is 2.00 bits per heavy atom. The smallest absolute Gasteiger partial charge is 0.00277 e. The fraction of sp³-hybridized carbons (Fsp3) is 1.00. The van der Waals surface area contributed by atoms with Gasteiger partial charge in [0.25, 0.3) is 0 Å². The first-order chi connectivity index (χ1) is 1.91. The standard InChI is InChI=1S/C2H7NS.Au/c1-2-3-4;/h3-4H,2H2,1H3;. The summed E-state index contributed by atoms with van der Waals surface area (Å²) in [6.07, 6.45) is 0. The maximum Gasteiger partial charge on any atom is 0.00277 e. The van der Waals surface area contributed by atoms with Crippen LogP contribution in [0, 0.1) is 0 Å². The second kappa shape index (κ2) is 8.90. The first kappa shape index (κ1) is 9.41. The molecule has 1 nitrogen and oxygen atoms in total. The van der Waals surface area contributed by atoms with Crippen molar-refractivity contribution in [3.63, 3.8) is 0 Å². The van der Waals surface area contributed by atoms with Crippen molar-refractivity contribution in [3.8, 4) is 0 Å². The molecule has 0 unspecified atom stereocenters. The Morgan fingerprint density at radius 1 is 1.80 bits per heavy atom. The molecule has 0 aromatic heterocycles. The van der Waals surface area contributed by atoms with Gasteiger partial charge < -0.3 is 0 Å². The Bertz CT molecular complexity index is 11.6. The molecule has 1 radical (unpaired) electrons. The quantitative estimate of drug-likeness (QED) is 0.522. The van der Waals surface area contributed by atoms with E-state index in [9.17, 15) is 0 Å². The predicted octanol–water partition coefficient (Wildman–Crippen LogP) is 0.438. The second-order valence-corrected chi connectivity index (χ2v) is 0.828. The van der Waals surface area contributed by atoms with Crippen molar-refractivity contribution in [1.82, 2.24) is 4.72 Å². The van der Waals surface area contributed by atoms with Crippen molar-refractivity contribution in [2.45, 2.75) is 6.92 Å². The minimum atomic E-state index is 0. The van der Waals surface area contributed by atoms with E-state index in [0.717, 1.165) is 6.54 Å². The fourth-order valence-corrected chi connectivity index (χ4v) is 0. The molecule has 0 rings (SSSR count). The number of thiol groups is 1. The van der Waals surface area contributed by atoms with Gasteiger partial charge in [-0.25, -0.2) is 0 Å². The fourth-order valence-electron chi connectivity index (χ4n) is 0. The maximum atomic E-state index is 3.67. The largest absolute Gasteiger partial charge is 0.267 e. The van der Waals surface area contributed by atoms with Crippen molar-refractivity contribution >= 4 is 12.8 Å². The van der Waals surface area contributed by atoms with Crippen LogP contribution in [0.3, 0.4) is 0 Å². The summed E-state index contributed by atoms with van der Waals surface area (Å²) in [6, 6.07) is 0. The molecule has 0 spiro atoms. The van der Waals surface area contributed by atoms with Gasteiger partial charge in [0.15, 0.2) is 0 Å². The van der Waals surface area contributed by atoms with E-state index >= 15 is 0 Å². The third kappa shape index (κ3) is 11.2. The molecule has 5 heavy (non-hydrogen) atoms. The normalized spacial score (nSPS) is 6.00. The van der Waals surface area contributed by atoms with Crippen LogP contribution in [0.1, 0.15) is 6.92 Å². The van der Waals surface area contributed by atoms with E-state index in [1.165, 1.54) is 0 Å². The second-order valence-electron chi connectivity index (χ2n) is 0.512. The van der Waals surface area contributed by atoms with Gasteiger partial charge in [0.1, 0.15) is 0 Å². The van der Waals surface area contributed by atoms with Crippen LogP contribution in [-0.2, 0) is 22.4 Å². The van der Waals surface area contributed by atoms with Crippen molar-refractivity contribution < 1.29 is 22.4 Å². The predicted molar refractivity (Wildman–Crippen MR) is 22.7 cm³/mol. The third-order valence-corrected chi connectivity index (χ3v) is 0.474. The summed E-state index contributed by atoms with van der Waals surface area (Å²) in [5.41, 5.74) is 0. The summed E-state index contributed by atoms with van der Waals surface area (Å²) in [5, 5.41) is 0. The van der Waals surface area contributed by atoms with Crippen LogP contribution in [0.2, 0.25) is 0 Å². The molecule has 0 amide bonds. The van der Waals surface area contributed by atoms with Gasteiger partial charge in [0.05, 0.1) is 0 Å². The monoisotopic (exact) mass is 274 g/mol. The molecular weight excluding hydrogens is 267 g/mol. The summed E-state index contributed by atoms with van der Waals surface area (Å²) in [5.74, 6) is 0. The van der Waals surface area contributed by atoms with Gasteiger partial charge in [-0.05, 0) is 0 Å². The van der Waals surface area contributed by atoms with Crippen molar-refractivity contribution in [2.24, 2.45) is 0 Å². The van der Waals surface area contributed by atoms with Crippen LogP contribution in [0.15, 0.2) is 0 Å².